The summed E-state index contributed by atoms with van der Waals surface area (Å²) in [7, 11) is 0. The number of carbonyl (C=O) groups excluding carboxylic acids is 1. The molecule has 2 heterocycles. The second-order valence-electron chi connectivity index (χ2n) is 5.20. The third kappa shape index (κ3) is 4.68. The van der Waals surface area contributed by atoms with Crippen LogP contribution in [0.25, 0.3) is 0 Å². The number of halogens is 2. The number of carbonyl (C=O) groups is 1. The lowest BCUT2D eigenvalue weighted by Gasteiger charge is -2.12. The molecule has 0 fully saturated rings. The molecule has 0 saturated heterocycles. The number of hydrogen-bond donors (Lipinski definition) is 2. The first kappa shape index (κ1) is 17.2. The summed E-state index contributed by atoms with van der Waals surface area (Å²) in [6.07, 6.45) is 3.41. The molecule has 0 unspecified atom stereocenters. The first-order valence-electron chi connectivity index (χ1n) is 7.48. The van der Waals surface area contributed by atoms with Gasteiger partial charge in [0, 0.05) is 31.1 Å². The minimum atomic E-state index is -0.288. The van der Waals surface area contributed by atoms with Crippen molar-refractivity contribution in [2.45, 2.75) is 6.54 Å². The largest absolute Gasteiger partial charge is 0.365 e. The van der Waals surface area contributed by atoms with Crippen molar-refractivity contribution < 1.29 is 6.22 Å². The van der Waals surface area contributed by atoms with Gasteiger partial charge in [-0.15, -0.1) is 0 Å². The molecule has 0 radical (unpaired) electrons. The second-order valence-corrected chi connectivity index (χ2v) is 6.02. The van der Waals surface area contributed by atoms with E-state index in [9.17, 15) is 4.79 Å². The van der Waals surface area contributed by atoms with Gasteiger partial charge >= 0.3 is 0 Å². The average molecular weight is 375 g/mol. The van der Waals surface area contributed by atoms with E-state index in [1.165, 1.54) is 0 Å². The molecule has 0 saturated carbocycles. The summed E-state index contributed by atoms with van der Waals surface area (Å²) in [5.41, 5.74) is 2.05. The fourth-order valence-corrected chi connectivity index (χ4v) is 2.44. The Morgan fingerprint density at radius 3 is 2.44 bits per heavy atom. The molecule has 7 heteroatoms. The maximum Gasteiger partial charge on any atom is 0.259 e. The van der Waals surface area contributed by atoms with Gasteiger partial charge in [-0.1, -0.05) is 23.2 Å². The van der Waals surface area contributed by atoms with Gasteiger partial charge < -0.3 is 10.6 Å². The summed E-state index contributed by atoms with van der Waals surface area (Å²) < 4.78 is 0. The lowest BCUT2D eigenvalue weighted by Crippen LogP contribution is -2.16. The highest BCUT2D eigenvalue weighted by molar-refractivity contribution is 6.30. The minimum absolute atomic E-state index is 0. The van der Waals surface area contributed by atoms with Crippen molar-refractivity contribution in [1.29, 1.82) is 0 Å². The zero-order chi connectivity index (χ0) is 17.6. The molecular weight excluding hydrogens is 359 g/mol. The number of benzene rings is 1. The number of pyridine rings is 2. The SMILES string of the molecule is O=C(Nc1ccc(Cl)cc1)c1ccc(Cl)nc1NCc1ccncc1.[HH]. The van der Waals surface area contributed by atoms with Crippen LogP contribution in [-0.4, -0.2) is 15.9 Å². The van der Waals surface area contributed by atoms with Crippen molar-refractivity contribution in [3.05, 3.63) is 82.2 Å². The summed E-state index contributed by atoms with van der Waals surface area (Å²) in [6.45, 7) is 0.497. The molecule has 1 amide bonds. The molecule has 2 N–H and O–H groups in total. The van der Waals surface area contributed by atoms with Crippen LogP contribution in [0, 0.1) is 0 Å². The summed E-state index contributed by atoms with van der Waals surface area (Å²) in [4.78, 5) is 20.8. The molecule has 3 aromatic rings. The number of rotatable bonds is 5. The molecule has 0 aliphatic carbocycles. The monoisotopic (exact) mass is 374 g/mol. The summed E-state index contributed by atoms with van der Waals surface area (Å²) in [6, 6.07) is 13.8. The third-order valence-electron chi connectivity index (χ3n) is 3.42. The topological polar surface area (TPSA) is 66.9 Å². The summed E-state index contributed by atoms with van der Waals surface area (Å²) in [5, 5.41) is 6.86. The Morgan fingerprint density at radius 1 is 1.00 bits per heavy atom. The molecule has 3 rings (SSSR count). The molecule has 0 aliphatic rings. The molecule has 0 aliphatic heterocycles. The fraction of sp³-hybridized carbons (Fsp3) is 0.0556. The highest BCUT2D eigenvalue weighted by Gasteiger charge is 2.14. The molecule has 1 aromatic carbocycles. The molecule has 0 spiro atoms. The molecule has 5 nitrogen and oxygen atoms in total. The molecule has 0 bridgehead atoms. The zero-order valence-corrected chi connectivity index (χ0v) is 14.6. The van der Waals surface area contributed by atoms with Crippen LogP contribution in [0.3, 0.4) is 0 Å². The van der Waals surface area contributed by atoms with Crippen LogP contribution in [0.15, 0.2) is 60.9 Å². The molecule has 2 aromatic heterocycles. The maximum atomic E-state index is 12.6. The van der Waals surface area contributed by atoms with Gasteiger partial charge in [0.05, 0.1) is 5.56 Å². The lowest BCUT2D eigenvalue weighted by atomic mass is 10.2. The number of nitrogens with one attached hydrogen (secondary N) is 2. The Bertz CT molecular complexity index is 876. The number of amides is 1. The van der Waals surface area contributed by atoms with Gasteiger partial charge in [0.1, 0.15) is 11.0 Å². The van der Waals surface area contributed by atoms with Gasteiger partial charge in [-0.2, -0.15) is 0 Å². The highest BCUT2D eigenvalue weighted by atomic mass is 35.5. The molecule has 128 valence electrons. The predicted molar refractivity (Wildman–Crippen MR) is 102 cm³/mol. The number of hydrogen-bond acceptors (Lipinski definition) is 4. The van der Waals surface area contributed by atoms with Crippen molar-refractivity contribution in [1.82, 2.24) is 9.97 Å². The van der Waals surface area contributed by atoms with Crippen LogP contribution >= 0.6 is 23.2 Å². The molecule has 25 heavy (non-hydrogen) atoms. The predicted octanol–water partition coefficient (Wildman–Crippen LogP) is 4.89. The smallest absolute Gasteiger partial charge is 0.259 e. The maximum absolute atomic E-state index is 12.6. The van der Waals surface area contributed by atoms with Crippen molar-refractivity contribution in [2.75, 3.05) is 10.6 Å². The van der Waals surface area contributed by atoms with E-state index in [-0.39, 0.29) is 7.33 Å². The van der Waals surface area contributed by atoms with E-state index in [2.05, 4.69) is 20.6 Å². The van der Waals surface area contributed by atoms with Crippen LogP contribution in [0.4, 0.5) is 11.5 Å². The highest BCUT2D eigenvalue weighted by Crippen LogP contribution is 2.20. The van der Waals surface area contributed by atoms with Crippen LogP contribution < -0.4 is 10.6 Å². The van der Waals surface area contributed by atoms with Crippen LogP contribution in [0.1, 0.15) is 17.3 Å². The Labute approximate surface area is 156 Å². The van der Waals surface area contributed by atoms with E-state index >= 15 is 0 Å². The standard InChI is InChI=1S/C18H14Cl2N4O.H2/c19-13-1-3-14(4-2-13)23-18(25)15-5-6-16(20)24-17(15)22-11-12-7-9-21-10-8-12;/h1-10H,11H2,(H,22,24)(H,23,25);1H. The van der Waals surface area contributed by atoms with Gasteiger partial charge in [0.25, 0.3) is 5.91 Å². The Kier molecular flexibility index (Phi) is 5.48. The van der Waals surface area contributed by atoms with E-state index in [0.717, 1.165) is 5.56 Å². The third-order valence-corrected chi connectivity index (χ3v) is 3.88. The Balaban J connectivity index is 0.00000243. The van der Waals surface area contributed by atoms with Gasteiger partial charge in [0.2, 0.25) is 0 Å². The van der Waals surface area contributed by atoms with E-state index < -0.39 is 0 Å². The van der Waals surface area contributed by atoms with E-state index in [1.807, 2.05) is 12.1 Å². The van der Waals surface area contributed by atoms with Crippen molar-refractivity contribution in [3.63, 3.8) is 0 Å². The Morgan fingerprint density at radius 2 is 1.72 bits per heavy atom. The van der Waals surface area contributed by atoms with Crippen LogP contribution in [-0.2, 0) is 6.54 Å². The van der Waals surface area contributed by atoms with Gasteiger partial charge in [0.15, 0.2) is 0 Å². The van der Waals surface area contributed by atoms with E-state index in [1.54, 1.807) is 48.8 Å². The molecular formula is C18H16Cl2N4O. The average Bonchev–Trinajstić information content (AvgIpc) is 2.63. The van der Waals surface area contributed by atoms with Gasteiger partial charge in [-0.3, -0.25) is 9.78 Å². The lowest BCUT2D eigenvalue weighted by molar-refractivity contribution is 0.102. The van der Waals surface area contributed by atoms with Crippen molar-refractivity contribution in [2.24, 2.45) is 0 Å². The molecule has 0 atom stereocenters. The van der Waals surface area contributed by atoms with Gasteiger partial charge in [-0.25, -0.2) is 4.98 Å². The van der Waals surface area contributed by atoms with E-state index in [4.69, 9.17) is 23.2 Å². The Hall–Kier alpha value is -2.63. The first-order valence-corrected chi connectivity index (χ1v) is 8.23. The van der Waals surface area contributed by atoms with Crippen LogP contribution in [0.5, 0.6) is 0 Å². The van der Waals surface area contributed by atoms with Crippen LogP contribution in [0.2, 0.25) is 10.2 Å². The van der Waals surface area contributed by atoms with E-state index in [0.29, 0.717) is 33.8 Å². The number of anilines is 2. The summed E-state index contributed by atoms with van der Waals surface area (Å²) >= 11 is 11.8. The fourth-order valence-electron chi connectivity index (χ4n) is 2.17. The quantitative estimate of drug-likeness (QED) is 0.623. The number of nitrogens with zero attached hydrogens (tertiary/aromatic N) is 2. The second kappa shape index (κ2) is 7.96. The van der Waals surface area contributed by atoms with Crippen molar-refractivity contribution in [3.8, 4) is 0 Å². The number of aromatic nitrogens is 2. The first-order chi connectivity index (χ1) is 12.1. The van der Waals surface area contributed by atoms with Gasteiger partial charge in [-0.05, 0) is 54.1 Å². The van der Waals surface area contributed by atoms with Crippen molar-refractivity contribution >= 4 is 40.6 Å². The zero-order valence-electron chi connectivity index (χ0n) is 13.0. The normalized spacial score (nSPS) is 10.3. The minimum Gasteiger partial charge on any atom is -0.365 e. The summed E-state index contributed by atoms with van der Waals surface area (Å²) in [5.74, 6) is 0.125.